The van der Waals surface area contributed by atoms with E-state index in [1.54, 1.807) is 24.4 Å². The average molecular weight is 375 g/mol. The highest BCUT2D eigenvalue weighted by atomic mass is 16.4. The molecule has 1 fully saturated rings. The first kappa shape index (κ1) is 17.0. The second-order valence-electron chi connectivity index (χ2n) is 7.84. The number of aromatic amines is 1. The molecule has 0 spiro atoms. The summed E-state index contributed by atoms with van der Waals surface area (Å²) >= 11 is 0. The summed E-state index contributed by atoms with van der Waals surface area (Å²) in [6, 6.07) is 10.8. The van der Waals surface area contributed by atoms with Crippen LogP contribution >= 0.6 is 0 Å². The Bertz CT molecular complexity index is 1260. The predicted octanol–water partition coefficient (Wildman–Crippen LogP) is 5.18. The quantitative estimate of drug-likeness (QED) is 0.482. The minimum absolute atomic E-state index is 0.0735. The Morgan fingerprint density at radius 2 is 1.89 bits per heavy atom. The molecule has 0 radical (unpaired) electrons. The molecule has 2 heterocycles. The van der Waals surface area contributed by atoms with Gasteiger partial charge < -0.3 is 14.5 Å². The van der Waals surface area contributed by atoms with Crippen LogP contribution in [0.5, 0.6) is 0 Å². The Balaban J connectivity index is 1.68. The van der Waals surface area contributed by atoms with Gasteiger partial charge in [-0.2, -0.15) is 0 Å². The molecule has 4 aromatic rings. The van der Waals surface area contributed by atoms with E-state index >= 15 is 0 Å². The molecule has 0 amide bonds. The van der Waals surface area contributed by atoms with E-state index in [9.17, 15) is 14.7 Å². The highest BCUT2D eigenvalue weighted by molar-refractivity contribution is 6.00. The fourth-order valence-electron chi connectivity index (χ4n) is 4.67. The predicted molar refractivity (Wildman–Crippen MR) is 109 cm³/mol. The standard InChI is InChI=1S/C23H21NO4/c25-22-14-7-3-4-8-20(14)28-21-11-15-18(12-24-19(15)10-17(21)22)16(23(26)27)9-13-5-1-2-6-13/h3-4,7-8,10-13,16,24H,1-2,5-6,9H2,(H,26,27). The van der Waals surface area contributed by atoms with Crippen molar-refractivity contribution in [3.8, 4) is 0 Å². The smallest absolute Gasteiger partial charge is 0.311 e. The summed E-state index contributed by atoms with van der Waals surface area (Å²) in [5.74, 6) is -0.886. The number of H-pyrrole nitrogens is 1. The van der Waals surface area contributed by atoms with Crippen molar-refractivity contribution in [2.45, 2.75) is 38.0 Å². The maximum absolute atomic E-state index is 12.8. The molecule has 28 heavy (non-hydrogen) atoms. The average Bonchev–Trinajstić information content (AvgIpc) is 3.34. The largest absolute Gasteiger partial charge is 0.481 e. The first-order chi connectivity index (χ1) is 13.6. The van der Waals surface area contributed by atoms with Crippen molar-refractivity contribution in [2.75, 3.05) is 0 Å². The van der Waals surface area contributed by atoms with Crippen LogP contribution in [0.15, 0.2) is 51.8 Å². The van der Waals surface area contributed by atoms with Gasteiger partial charge in [-0.1, -0.05) is 37.8 Å². The number of aliphatic carboxylic acids is 1. The fraction of sp³-hybridized carbons (Fsp3) is 0.304. The number of nitrogens with one attached hydrogen (secondary N) is 1. The molecule has 1 atom stereocenters. The number of aromatic nitrogens is 1. The number of hydrogen-bond acceptors (Lipinski definition) is 3. The number of rotatable bonds is 4. The Hall–Kier alpha value is -3.08. The maximum Gasteiger partial charge on any atom is 0.311 e. The van der Waals surface area contributed by atoms with Gasteiger partial charge >= 0.3 is 5.97 Å². The summed E-state index contributed by atoms with van der Waals surface area (Å²) in [6.45, 7) is 0. The Morgan fingerprint density at radius 1 is 1.11 bits per heavy atom. The molecule has 5 nitrogen and oxygen atoms in total. The van der Waals surface area contributed by atoms with Crippen LogP contribution in [0.4, 0.5) is 0 Å². The summed E-state index contributed by atoms with van der Waals surface area (Å²) in [7, 11) is 0. The lowest BCUT2D eigenvalue weighted by molar-refractivity contribution is -0.139. The fourth-order valence-corrected chi connectivity index (χ4v) is 4.67. The second-order valence-corrected chi connectivity index (χ2v) is 7.84. The van der Waals surface area contributed by atoms with Crippen LogP contribution in [0.3, 0.4) is 0 Å². The monoisotopic (exact) mass is 375 g/mol. The lowest BCUT2D eigenvalue weighted by Crippen LogP contribution is -2.14. The van der Waals surface area contributed by atoms with Crippen molar-refractivity contribution < 1.29 is 14.3 Å². The Kier molecular flexibility index (Phi) is 3.97. The molecular formula is C23H21NO4. The van der Waals surface area contributed by atoms with E-state index in [1.165, 1.54) is 12.8 Å². The van der Waals surface area contributed by atoms with Crippen molar-refractivity contribution in [1.82, 2.24) is 4.98 Å². The van der Waals surface area contributed by atoms with Crippen LogP contribution in [0, 0.1) is 5.92 Å². The third-order valence-corrected chi connectivity index (χ3v) is 6.13. The first-order valence-corrected chi connectivity index (χ1v) is 9.81. The molecule has 0 saturated heterocycles. The van der Waals surface area contributed by atoms with Gasteiger partial charge in [0, 0.05) is 17.1 Å². The van der Waals surface area contributed by atoms with Crippen molar-refractivity contribution in [2.24, 2.45) is 5.92 Å². The summed E-state index contributed by atoms with van der Waals surface area (Å²) in [5.41, 5.74) is 2.49. The van der Waals surface area contributed by atoms with Gasteiger partial charge in [0.25, 0.3) is 0 Å². The molecule has 2 aromatic carbocycles. The number of carbonyl (C=O) groups is 1. The van der Waals surface area contributed by atoms with E-state index in [1.807, 2.05) is 18.2 Å². The molecule has 5 heteroatoms. The van der Waals surface area contributed by atoms with E-state index < -0.39 is 11.9 Å². The number of benzene rings is 2. The van der Waals surface area contributed by atoms with Crippen LogP contribution in [-0.4, -0.2) is 16.1 Å². The normalized spacial score (nSPS) is 16.3. The van der Waals surface area contributed by atoms with Gasteiger partial charge in [0.15, 0.2) is 0 Å². The molecule has 5 rings (SSSR count). The van der Waals surface area contributed by atoms with Gasteiger partial charge in [-0.05, 0) is 42.2 Å². The molecule has 2 aromatic heterocycles. The van der Waals surface area contributed by atoms with E-state index in [0.29, 0.717) is 34.3 Å². The molecule has 0 aliphatic heterocycles. The lowest BCUT2D eigenvalue weighted by atomic mass is 9.87. The van der Waals surface area contributed by atoms with Crippen LogP contribution in [0.2, 0.25) is 0 Å². The highest BCUT2D eigenvalue weighted by Crippen LogP contribution is 2.37. The van der Waals surface area contributed by atoms with E-state index in [0.717, 1.165) is 29.3 Å². The van der Waals surface area contributed by atoms with Crippen LogP contribution in [0.1, 0.15) is 43.6 Å². The molecule has 1 unspecified atom stereocenters. The molecule has 1 aliphatic carbocycles. The van der Waals surface area contributed by atoms with Gasteiger partial charge in [-0.3, -0.25) is 9.59 Å². The SMILES string of the molecule is O=C(O)C(CC1CCCC1)c1c[nH]c2cc3c(=O)c4ccccc4oc3cc12. The number of fused-ring (bicyclic) bond motifs is 3. The molecular weight excluding hydrogens is 354 g/mol. The lowest BCUT2D eigenvalue weighted by Gasteiger charge is -2.16. The summed E-state index contributed by atoms with van der Waals surface area (Å²) in [5, 5.41) is 11.7. The van der Waals surface area contributed by atoms with Crippen LogP contribution in [0.25, 0.3) is 32.8 Å². The van der Waals surface area contributed by atoms with Crippen molar-refractivity contribution in [1.29, 1.82) is 0 Å². The number of hydrogen-bond donors (Lipinski definition) is 2. The van der Waals surface area contributed by atoms with Gasteiger partial charge in [-0.15, -0.1) is 0 Å². The van der Waals surface area contributed by atoms with Crippen molar-refractivity contribution in [3.63, 3.8) is 0 Å². The van der Waals surface area contributed by atoms with Gasteiger partial charge in [0.05, 0.1) is 16.7 Å². The van der Waals surface area contributed by atoms with Gasteiger partial charge in [0.1, 0.15) is 11.2 Å². The van der Waals surface area contributed by atoms with E-state index in [-0.39, 0.29) is 5.43 Å². The zero-order valence-corrected chi connectivity index (χ0v) is 15.4. The molecule has 2 N–H and O–H groups in total. The number of para-hydroxylation sites is 1. The van der Waals surface area contributed by atoms with E-state index in [4.69, 9.17) is 4.42 Å². The zero-order valence-electron chi connectivity index (χ0n) is 15.4. The maximum atomic E-state index is 12.8. The molecule has 1 saturated carbocycles. The van der Waals surface area contributed by atoms with Gasteiger partial charge in [-0.25, -0.2) is 0 Å². The number of carboxylic acids is 1. The molecule has 1 aliphatic rings. The summed E-state index contributed by atoms with van der Waals surface area (Å²) in [4.78, 5) is 28.0. The third-order valence-electron chi connectivity index (χ3n) is 6.13. The van der Waals surface area contributed by atoms with Crippen LogP contribution < -0.4 is 5.43 Å². The zero-order chi connectivity index (χ0) is 19.3. The molecule has 0 bridgehead atoms. The second kappa shape index (κ2) is 6.51. The minimum atomic E-state index is -0.798. The Labute approximate surface area is 161 Å². The van der Waals surface area contributed by atoms with Gasteiger partial charge in [0.2, 0.25) is 5.43 Å². The topological polar surface area (TPSA) is 83.3 Å². The first-order valence-electron chi connectivity index (χ1n) is 9.81. The summed E-state index contributed by atoms with van der Waals surface area (Å²) in [6.07, 6.45) is 7.02. The Morgan fingerprint density at radius 3 is 2.68 bits per heavy atom. The summed E-state index contributed by atoms with van der Waals surface area (Å²) < 4.78 is 5.97. The highest BCUT2D eigenvalue weighted by Gasteiger charge is 2.28. The minimum Gasteiger partial charge on any atom is -0.481 e. The molecule has 142 valence electrons. The van der Waals surface area contributed by atoms with Crippen molar-refractivity contribution >= 4 is 38.8 Å². The number of carboxylic acid groups (broad SMARTS) is 1. The van der Waals surface area contributed by atoms with Crippen LogP contribution in [-0.2, 0) is 4.79 Å². The third kappa shape index (κ3) is 2.70. The van der Waals surface area contributed by atoms with E-state index in [2.05, 4.69) is 4.98 Å². The van der Waals surface area contributed by atoms with Crippen molar-refractivity contribution in [3.05, 3.63) is 58.4 Å².